The number of nitrogens with one attached hydrogen (secondary N) is 1. The molecule has 1 saturated heterocycles. The minimum absolute atomic E-state index is 0.480. The number of likely N-dealkylation sites (tertiary alicyclic amines) is 1. The molecule has 1 N–H and O–H groups in total. The van der Waals surface area contributed by atoms with Crippen LogP contribution in [0.15, 0.2) is 10.6 Å². The van der Waals surface area contributed by atoms with Gasteiger partial charge in [-0.1, -0.05) is 25.9 Å². The smallest absolute Gasteiger partial charge is 0.151 e. The molecule has 102 valence electrons. The number of hydrogen-bond donors (Lipinski definition) is 1. The summed E-state index contributed by atoms with van der Waals surface area (Å²) in [5.74, 6) is 1.87. The van der Waals surface area contributed by atoms with Gasteiger partial charge in [0.2, 0.25) is 0 Å². The van der Waals surface area contributed by atoms with Crippen LogP contribution in [0.25, 0.3) is 0 Å². The second-order valence-electron chi connectivity index (χ2n) is 5.78. The molecule has 2 heterocycles. The number of piperidine rings is 1. The molecular formula is C14H25N3O. The third-order valence-electron chi connectivity index (χ3n) is 3.55. The van der Waals surface area contributed by atoms with Gasteiger partial charge in [0.1, 0.15) is 0 Å². The van der Waals surface area contributed by atoms with E-state index in [-0.39, 0.29) is 0 Å². The molecule has 0 saturated carbocycles. The third kappa shape index (κ3) is 4.10. The topological polar surface area (TPSA) is 41.3 Å². The lowest BCUT2D eigenvalue weighted by molar-refractivity contribution is 0.168. The van der Waals surface area contributed by atoms with Crippen LogP contribution in [0.2, 0.25) is 0 Å². The van der Waals surface area contributed by atoms with E-state index in [1.807, 2.05) is 0 Å². The molecule has 0 unspecified atom stereocenters. The summed E-state index contributed by atoms with van der Waals surface area (Å²) in [6.07, 6.45) is 2.60. The predicted molar refractivity (Wildman–Crippen MR) is 72.2 cm³/mol. The zero-order chi connectivity index (χ0) is 13.0. The zero-order valence-corrected chi connectivity index (χ0v) is 11.8. The highest BCUT2D eigenvalue weighted by Crippen LogP contribution is 2.18. The van der Waals surface area contributed by atoms with Gasteiger partial charge < -0.3 is 9.84 Å². The van der Waals surface area contributed by atoms with Crippen molar-refractivity contribution >= 4 is 0 Å². The number of rotatable bonds is 5. The first-order chi connectivity index (χ1) is 8.63. The molecule has 0 aromatic carbocycles. The van der Waals surface area contributed by atoms with Crippen molar-refractivity contribution in [3.63, 3.8) is 0 Å². The summed E-state index contributed by atoms with van der Waals surface area (Å²) in [5.41, 5.74) is 1.00. The van der Waals surface area contributed by atoms with E-state index in [0.29, 0.717) is 6.04 Å². The van der Waals surface area contributed by atoms with Gasteiger partial charge in [0.15, 0.2) is 5.76 Å². The molecule has 0 amide bonds. The van der Waals surface area contributed by atoms with Crippen molar-refractivity contribution in [1.82, 2.24) is 15.4 Å². The van der Waals surface area contributed by atoms with Gasteiger partial charge in [-0.2, -0.15) is 0 Å². The summed E-state index contributed by atoms with van der Waals surface area (Å²) in [6.45, 7) is 10.7. The molecule has 4 heteroatoms. The number of hydrogen-bond acceptors (Lipinski definition) is 4. The van der Waals surface area contributed by atoms with E-state index < -0.39 is 0 Å². The van der Waals surface area contributed by atoms with E-state index in [9.17, 15) is 0 Å². The van der Waals surface area contributed by atoms with Crippen molar-refractivity contribution in [2.24, 2.45) is 5.92 Å². The fraction of sp³-hybridized carbons (Fsp3) is 0.786. The first-order valence-electron chi connectivity index (χ1n) is 7.03. The highest BCUT2D eigenvalue weighted by Gasteiger charge is 2.17. The lowest BCUT2D eigenvalue weighted by Crippen LogP contribution is -2.32. The predicted octanol–water partition coefficient (Wildman–Crippen LogP) is 2.40. The maximum Gasteiger partial charge on any atom is 0.151 e. The van der Waals surface area contributed by atoms with E-state index in [0.717, 1.165) is 30.5 Å². The summed E-state index contributed by atoms with van der Waals surface area (Å²) in [5, 5.41) is 7.45. The molecule has 1 aliphatic heterocycles. The van der Waals surface area contributed by atoms with E-state index in [1.165, 1.54) is 25.9 Å². The van der Waals surface area contributed by atoms with Gasteiger partial charge in [0.25, 0.3) is 0 Å². The van der Waals surface area contributed by atoms with Gasteiger partial charge >= 0.3 is 0 Å². The van der Waals surface area contributed by atoms with Gasteiger partial charge in [0, 0.05) is 18.7 Å². The second kappa shape index (κ2) is 6.34. The van der Waals surface area contributed by atoms with Crippen molar-refractivity contribution in [3.8, 4) is 0 Å². The molecule has 0 spiro atoms. The Morgan fingerprint density at radius 2 is 2.17 bits per heavy atom. The van der Waals surface area contributed by atoms with Crippen molar-refractivity contribution in [1.29, 1.82) is 0 Å². The summed E-state index contributed by atoms with van der Waals surface area (Å²) >= 11 is 0. The van der Waals surface area contributed by atoms with Crippen molar-refractivity contribution in [2.75, 3.05) is 13.1 Å². The van der Waals surface area contributed by atoms with Gasteiger partial charge in [-0.25, -0.2) is 0 Å². The molecule has 0 radical (unpaired) electrons. The largest absolute Gasteiger partial charge is 0.360 e. The van der Waals surface area contributed by atoms with Gasteiger partial charge in [-0.3, -0.25) is 4.90 Å². The zero-order valence-electron chi connectivity index (χ0n) is 11.8. The summed E-state index contributed by atoms with van der Waals surface area (Å²) < 4.78 is 5.39. The molecule has 0 atom stereocenters. The Labute approximate surface area is 110 Å². The van der Waals surface area contributed by atoms with Crippen LogP contribution in [0.1, 0.15) is 45.1 Å². The fourth-order valence-corrected chi connectivity index (χ4v) is 2.26. The van der Waals surface area contributed by atoms with Gasteiger partial charge in [-0.05, 0) is 31.8 Å². The van der Waals surface area contributed by atoms with Crippen LogP contribution in [0.3, 0.4) is 0 Å². The monoisotopic (exact) mass is 251 g/mol. The van der Waals surface area contributed by atoms with E-state index in [1.54, 1.807) is 0 Å². The Morgan fingerprint density at radius 3 is 2.83 bits per heavy atom. The van der Waals surface area contributed by atoms with Crippen molar-refractivity contribution in [3.05, 3.63) is 17.5 Å². The second-order valence-corrected chi connectivity index (χ2v) is 5.78. The molecule has 0 aliphatic carbocycles. The minimum atomic E-state index is 0.480. The average molecular weight is 251 g/mol. The molecule has 18 heavy (non-hydrogen) atoms. The van der Waals surface area contributed by atoms with Crippen LogP contribution in [0.5, 0.6) is 0 Å². The number of aromatic nitrogens is 1. The molecule has 2 rings (SSSR count). The summed E-state index contributed by atoms with van der Waals surface area (Å²) in [7, 11) is 0. The maximum absolute atomic E-state index is 5.39. The van der Waals surface area contributed by atoms with Crippen LogP contribution < -0.4 is 5.32 Å². The minimum Gasteiger partial charge on any atom is -0.360 e. The molecular weight excluding hydrogens is 226 g/mol. The van der Waals surface area contributed by atoms with Crippen LogP contribution in [0.4, 0.5) is 0 Å². The van der Waals surface area contributed by atoms with Gasteiger partial charge in [0.05, 0.1) is 12.2 Å². The van der Waals surface area contributed by atoms with Crippen molar-refractivity contribution < 1.29 is 4.52 Å². The Bertz CT molecular complexity index is 354. The summed E-state index contributed by atoms with van der Waals surface area (Å²) in [6, 6.07) is 2.56. The van der Waals surface area contributed by atoms with Crippen LogP contribution in [-0.2, 0) is 13.1 Å². The highest BCUT2D eigenvalue weighted by molar-refractivity contribution is 5.05. The first kappa shape index (κ1) is 13.6. The van der Waals surface area contributed by atoms with E-state index in [2.05, 4.69) is 42.2 Å². The maximum atomic E-state index is 5.39. The Balaban J connectivity index is 1.79. The normalized spacial score (nSPS) is 18.7. The van der Waals surface area contributed by atoms with E-state index in [4.69, 9.17) is 4.52 Å². The Kier molecular flexibility index (Phi) is 4.78. The molecule has 4 nitrogen and oxygen atoms in total. The number of nitrogens with zero attached hydrogens (tertiary/aromatic N) is 2. The van der Waals surface area contributed by atoms with Gasteiger partial charge in [-0.15, -0.1) is 0 Å². The van der Waals surface area contributed by atoms with Crippen LogP contribution in [0, 0.1) is 5.92 Å². The molecule has 0 bridgehead atoms. The molecule has 1 fully saturated rings. The standard InChI is InChI=1S/C14H25N3O/c1-11(2)15-9-13-8-14(18-16-13)10-17-6-4-12(3)5-7-17/h8,11-12,15H,4-7,9-10H2,1-3H3. The van der Waals surface area contributed by atoms with Crippen LogP contribution >= 0.6 is 0 Å². The molecule has 1 aromatic rings. The SMILES string of the molecule is CC1CCN(Cc2cc(CNC(C)C)no2)CC1. The highest BCUT2D eigenvalue weighted by atomic mass is 16.5. The van der Waals surface area contributed by atoms with E-state index >= 15 is 0 Å². The Hall–Kier alpha value is -0.870. The van der Waals surface area contributed by atoms with Crippen LogP contribution in [-0.4, -0.2) is 29.2 Å². The van der Waals surface area contributed by atoms with Crippen molar-refractivity contribution in [2.45, 2.75) is 52.7 Å². The fourth-order valence-electron chi connectivity index (χ4n) is 2.26. The summed E-state index contributed by atoms with van der Waals surface area (Å²) in [4.78, 5) is 2.46. The lowest BCUT2D eigenvalue weighted by Gasteiger charge is -2.29. The first-order valence-corrected chi connectivity index (χ1v) is 7.03. The lowest BCUT2D eigenvalue weighted by atomic mass is 9.99. The molecule has 1 aromatic heterocycles. The molecule has 1 aliphatic rings. The Morgan fingerprint density at radius 1 is 1.44 bits per heavy atom. The quantitative estimate of drug-likeness (QED) is 0.872. The third-order valence-corrected chi connectivity index (χ3v) is 3.55. The average Bonchev–Trinajstić information content (AvgIpc) is 2.77.